The first-order valence-electron chi connectivity index (χ1n) is 16.6. The third-order valence-electron chi connectivity index (χ3n) is 10.7. The molecule has 4 fully saturated rings. The first-order chi connectivity index (χ1) is 23.0. The Kier molecular flexibility index (Phi) is 7.95. The van der Waals surface area contributed by atoms with E-state index in [1.165, 1.54) is 25.1 Å². The highest BCUT2D eigenvalue weighted by molar-refractivity contribution is 6.65. The third-order valence-corrected chi connectivity index (χ3v) is 10.7. The van der Waals surface area contributed by atoms with Crippen molar-refractivity contribution in [2.75, 3.05) is 23.7 Å². The van der Waals surface area contributed by atoms with E-state index < -0.39 is 40.8 Å². The lowest BCUT2D eigenvalue weighted by Gasteiger charge is -2.44. The number of fused-ring (bicyclic) bond motifs is 1. The SMILES string of the molecule is CC(=N)/C(=N\O)C(=O)N[C@H](C(=O)Nc1ccc2c(c1)CC(C(=O)Nc1cccc(F)c1)(N1CC3(CC3)CNC1=O)C2)C(C1CC1)C1CC1. The van der Waals surface area contributed by atoms with Crippen LogP contribution in [0.5, 0.6) is 0 Å². The molecule has 48 heavy (non-hydrogen) atoms. The molecule has 1 saturated heterocycles. The Morgan fingerprint density at radius 1 is 1.02 bits per heavy atom. The second kappa shape index (κ2) is 12.0. The predicted octanol–water partition coefficient (Wildman–Crippen LogP) is 3.84. The summed E-state index contributed by atoms with van der Waals surface area (Å²) in [5, 5.41) is 31.7. The second-order valence-electron chi connectivity index (χ2n) is 14.3. The molecule has 1 unspecified atom stereocenters. The summed E-state index contributed by atoms with van der Waals surface area (Å²) in [6.07, 6.45) is 6.23. The van der Waals surface area contributed by atoms with Gasteiger partial charge in [0, 0.05) is 42.7 Å². The van der Waals surface area contributed by atoms with Crippen LogP contribution >= 0.6 is 0 Å². The van der Waals surface area contributed by atoms with Crippen molar-refractivity contribution in [3.63, 3.8) is 0 Å². The molecule has 4 aliphatic carbocycles. The highest BCUT2D eigenvalue weighted by Crippen LogP contribution is 2.51. The molecule has 6 N–H and O–H groups in total. The molecule has 1 heterocycles. The number of carbonyl (C=O) groups excluding carboxylic acids is 4. The number of rotatable bonds is 11. The van der Waals surface area contributed by atoms with Crippen LogP contribution in [-0.2, 0) is 27.2 Å². The lowest BCUT2D eigenvalue weighted by molar-refractivity contribution is -0.127. The largest absolute Gasteiger partial charge is 0.410 e. The Bertz CT molecular complexity index is 1720. The van der Waals surface area contributed by atoms with Crippen LogP contribution in [0.25, 0.3) is 0 Å². The lowest BCUT2D eigenvalue weighted by atomic mass is 9.88. The Balaban J connectivity index is 1.15. The van der Waals surface area contributed by atoms with E-state index in [2.05, 4.69) is 26.4 Å². The molecule has 5 aliphatic rings. The minimum absolute atomic E-state index is 0.0656. The molecule has 12 nitrogen and oxygen atoms in total. The van der Waals surface area contributed by atoms with Crippen molar-refractivity contribution in [3.05, 3.63) is 59.4 Å². The van der Waals surface area contributed by atoms with E-state index in [1.807, 2.05) is 12.1 Å². The zero-order valence-electron chi connectivity index (χ0n) is 26.8. The zero-order valence-corrected chi connectivity index (χ0v) is 26.8. The van der Waals surface area contributed by atoms with Crippen LogP contribution in [0.3, 0.4) is 0 Å². The number of carbonyl (C=O) groups is 4. The van der Waals surface area contributed by atoms with Gasteiger partial charge in [-0.1, -0.05) is 17.3 Å². The minimum Gasteiger partial charge on any atom is -0.410 e. The molecule has 0 aromatic heterocycles. The van der Waals surface area contributed by atoms with Gasteiger partial charge in [0.15, 0.2) is 5.71 Å². The van der Waals surface area contributed by atoms with Crippen LogP contribution in [0.15, 0.2) is 47.6 Å². The van der Waals surface area contributed by atoms with Gasteiger partial charge in [-0.3, -0.25) is 14.4 Å². The first-order valence-corrected chi connectivity index (χ1v) is 16.6. The molecule has 2 atom stereocenters. The maximum Gasteiger partial charge on any atom is 0.318 e. The van der Waals surface area contributed by atoms with Crippen molar-refractivity contribution in [1.29, 1.82) is 5.41 Å². The van der Waals surface area contributed by atoms with Crippen LogP contribution in [0.4, 0.5) is 20.6 Å². The fraction of sp³-hybridized carbons (Fsp3) is 0.486. The number of nitrogens with one attached hydrogen (secondary N) is 5. The van der Waals surface area contributed by atoms with Crippen LogP contribution in [-0.4, -0.2) is 70.0 Å². The predicted molar refractivity (Wildman–Crippen MR) is 176 cm³/mol. The van der Waals surface area contributed by atoms with Crippen molar-refractivity contribution >= 4 is 46.6 Å². The average molecular weight is 658 g/mol. The summed E-state index contributed by atoms with van der Waals surface area (Å²) in [6.45, 7) is 2.34. The number of halogens is 1. The van der Waals surface area contributed by atoms with Crippen LogP contribution < -0.4 is 21.3 Å². The van der Waals surface area contributed by atoms with E-state index >= 15 is 0 Å². The summed E-state index contributed by atoms with van der Waals surface area (Å²) in [5.41, 5.74) is 0.413. The van der Waals surface area contributed by atoms with Gasteiger partial charge in [-0.2, -0.15) is 0 Å². The molecular formula is C35H40FN7O5. The van der Waals surface area contributed by atoms with Crippen molar-refractivity contribution in [2.24, 2.45) is 28.3 Å². The normalized spacial score (nSPS) is 23.3. The quantitative estimate of drug-likeness (QED) is 0.122. The third kappa shape index (κ3) is 6.13. The maximum absolute atomic E-state index is 14.2. The number of hydrogen-bond donors (Lipinski definition) is 6. The fourth-order valence-electron chi connectivity index (χ4n) is 7.65. The Morgan fingerprint density at radius 2 is 1.71 bits per heavy atom. The summed E-state index contributed by atoms with van der Waals surface area (Å²) in [4.78, 5) is 56.2. The van der Waals surface area contributed by atoms with Gasteiger partial charge in [-0.25, -0.2) is 9.18 Å². The summed E-state index contributed by atoms with van der Waals surface area (Å²) >= 11 is 0. The Hall–Kier alpha value is -4.81. The summed E-state index contributed by atoms with van der Waals surface area (Å²) < 4.78 is 14.0. The summed E-state index contributed by atoms with van der Waals surface area (Å²) in [5.74, 6) is -1.58. The summed E-state index contributed by atoms with van der Waals surface area (Å²) in [7, 11) is 0. The van der Waals surface area contributed by atoms with Crippen LogP contribution in [0.1, 0.15) is 56.6 Å². The van der Waals surface area contributed by atoms with Crippen LogP contribution in [0, 0.1) is 34.4 Å². The number of amides is 5. The van der Waals surface area contributed by atoms with Gasteiger partial charge in [-0.15, -0.1) is 0 Å². The monoisotopic (exact) mass is 657 g/mol. The highest BCUT2D eigenvalue weighted by atomic mass is 19.1. The van der Waals surface area contributed by atoms with E-state index in [9.17, 15) is 28.8 Å². The van der Waals surface area contributed by atoms with Gasteiger partial charge >= 0.3 is 6.03 Å². The number of nitrogens with zero attached hydrogens (tertiary/aromatic N) is 2. The van der Waals surface area contributed by atoms with Crippen molar-refractivity contribution < 1.29 is 28.8 Å². The molecule has 252 valence electrons. The van der Waals surface area contributed by atoms with E-state index in [-0.39, 0.29) is 35.9 Å². The van der Waals surface area contributed by atoms with Gasteiger partial charge in [-0.05, 0) is 105 Å². The van der Waals surface area contributed by atoms with E-state index in [0.717, 1.165) is 49.7 Å². The Labute approximate surface area is 277 Å². The second-order valence-corrected chi connectivity index (χ2v) is 14.3. The van der Waals surface area contributed by atoms with E-state index in [4.69, 9.17) is 5.41 Å². The molecule has 5 amide bonds. The van der Waals surface area contributed by atoms with Crippen molar-refractivity contribution in [2.45, 2.75) is 69.9 Å². The van der Waals surface area contributed by atoms with Crippen LogP contribution in [0.2, 0.25) is 0 Å². The molecule has 2 aromatic carbocycles. The molecule has 0 bridgehead atoms. The van der Waals surface area contributed by atoms with Gasteiger partial charge in [0.2, 0.25) is 5.91 Å². The van der Waals surface area contributed by atoms with Gasteiger partial charge in [0.1, 0.15) is 17.4 Å². The highest BCUT2D eigenvalue weighted by Gasteiger charge is 2.57. The molecule has 0 radical (unpaired) electrons. The topological polar surface area (TPSA) is 176 Å². The number of benzene rings is 2. The molecular weight excluding hydrogens is 617 g/mol. The average Bonchev–Trinajstić information content (AvgIpc) is 3.94. The number of hydrogen-bond acceptors (Lipinski definition) is 7. The van der Waals surface area contributed by atoms with Crippen molar-refractivity contribution in [3.8, 4) is 0 Å². The maximum atomic E-state index is 14.2. The number of anilines is 2. The van der Waals surface area contributed by atoms with E-state index in [1.54, 1.807) is 17.0 Å². The van der Waals surface area contributed by atoms with Gasteiger partial charge in [0.05, 0.1) is 5.71 Å². The zero-order chi connectivity index (χ0) is 33.8. The summed E-state index contributed by atoms with van der Waals surface area (Å²) in [6, 6.07) is 9.84. The molecule has 13 heteroatoms. The van der Waals surface area contributed by atoms with Gasteiger partial charge in [0.25, 0.3) is 11.8 Å². The molecule has 1 aliphatic heterocycles. The van der Waals surface area contributed by atoms with Gasteiger partial charge < -0.3 is 36.8 Å². The van der Waals surface area contributed by atoms with E-state index in [0.29, 0.717) is 36.3 Å². The molecule has 7 rings (SSSR count). The minimum atomic E-state index is -1.28. The fourth-order valence-corrected chi connectivity index (χ4v) is 7.65. The first kappa shape index (κ1) is 31.8. The smallest absolute Gasteiger partial charge is 0.318 e. The lowest BCUT2D eigenvalue weighted by Crippen LogP contribution is -2.66. The van der Waals surface area contributed by atoms with Crippen molar-refractivity contribution in [1.82, 2.24) is 15.5 Å². The number of urea groups is 1. The molecule has 3 saturated carbocycles. The standard InChI is InChI=1S/C35H40FN7O5/c1-19(37)28(42-48)30(44)41-29(27(20-5-6-20)21-7-8-21)31(45)39-26-10-9-22-15-35(16-23(22)13-26,32(46)40-25-4-2-3-24(36)14-25)43-18-34(11-12-34)17-38-33(43)47/h2-4,9-10,13-14,20-21,27,29,37,48H,5-8,11-12,15-18H2,1H3,(H,38,47)(H,39,45)(H,40,46)(H,41,44)/b37-19?,42-28+/t29-,35?/m0/s1. The molecule has 2 aromatic rings. The Morgan fingerprint density at radius 3 is 2.33 bits per heavy atom. The number of oxime groups is 1. The molecule has 1 spiro atoms.